The third kappa shape index (κ3) is 3.62. The molecule has 0 aliphatic heterocycles. The van der Waals surface area contributed by atoms with Crippen molar-refractivity contribution in [3.05, 3.63) is 72.2 Å². The molecule has 6 nitrogen and oxygen atoms in total. The number of nitrogens with zero attached hydrogens (tertiary/aromatic N) is 2. The first kappa shape index (κ1) is 14.5. The van der Waals surface area contributed by atoms with Crippen LogP contribution in [0.2, 0.25) is 0 Å². The number of nitrogens with one attached hydrogen (secondary N) is 1. The van der Waals surface area contributed by atoms with Crippen LogP contribution in [0, 0.1) is 0 Å². The maximum atomic E-state index is 10.8. The van der Waals surface area contributed by atoms with E-state index >= 15 is 0 Å². The van der Waals surface area contributed by atoms with Crippen molar-refractivity contribution >= 4 is 17.9 Å². The number of oxazole rings is 1. The smallest absolute Gasteiger partial charge is 0.335 e. The molecule has 0 bridgehead atoms. The van der Waals surface area contributed by atoms with Gasteiger partial charge in [0.05, 0.1) is 23.7 Å². The number of aromatic nitrogens is 1. The van der Waals surface area contributed by atoms with Gasteiger partial charge in [-0.1, -0.05) is 12.1 Å². The van der Waals surface area contributed by atoms with Gasteiger partial charge in [0.25, 0.3) is 0 Å². The Morgan fingerprint density at radius 2 is 1.87 bits per heavy atom. The van der Waals surface area contributed by atoms with E-state index in [0.717, 1.165) is 16.8 Å². The van der Waals surface area contributed by atoms with Crippen LogP contribution in [0.15, 0.2) is 70.6 Å². The Bertz CT molecular complexity index is 807. The minimum atomic E-state index is -0.946. The summed E-state index contributed by atoms with van der Waals surface area (Å²) in [7, 11) is 0. The molecule has 6 heteroatoms. The zero-order chi connectivity index (χ0) is 16.1. The molecule has 0 fully saturated rings. The van der Waals surface area contributed by atoms with E-state index < -0.39 is 5.97 Å². The van der Waals surface area contributed by atoms with Crippen LogP contribution in [0.5, 0.6) is 0 Å². The first-order chi connectivity index (χ1) is 11.2. The lowest BCUT2D eigenvalue weighted by Gasteiger charge is -2.01. The number of benzene rings is 2. The summed E-state index contributed by atoms with van der Waals surface area (Å²) < 4.78 is 5.22. The number of carboxylic acids is 1. The van der Waals surface area contributed by atoms with Gasteiger partial charge < -0.3 is 9.52 Å². The highest BCUT2D eigenvalue weighted by Gasteiger charge is 2.01. The molecule has 0 unspecified atom stereocenters. The van der Waals surface area contributed by atoms with Crippen LogP contribution in [0.25, 0.3) is 11.3 Å². The van der Waals surface area contributed by atoms with E-state index in [1.165, 1.54) is 18.5 Å². The van der Waals surface area contributed by atoms with E-state index in [9.17, 15) is 4.79 Å². The zero-order valence-electron chi connectivity index (χ0n) is 12.0. The average Bonchev–Trinajstić information content (AvgIpc) is 3.10. The molecule has 1 heterocycles. The van der Waals surface area contributed by atoms with E-state index in [1.807, 2.05) is 24.3 Å². The fourth-order valence-electron chi connectivity index (χ4n) is 1.96. The van der Waals surface area contributed by atoms with E-state index in [-0.39, 0.29) is 5.56 Å². The highest BCUT2D eigenvalue weighted by molar-refractivity contribution is 5.89. The molecule has 0 atom stereocenters. The molecule has 1 aromatic heterocycles. The van der Waals surface area contributed by atoms with Crippen LogP contribution in [0.4, 0.5) is 5.69 Å². The molecule has 3 aromatic rings. The van der Waals surface area contributed by atoms with Crippen molar-refractivity contribution in [2.75, 3.05) is 5.43 Å². The molecule has 0 spiro atoms. The number of rotatable bonds is 5. The van der Waals surface area contributed by atoms with Gasteiger partial charge in [-0.15, -0.1) is 0 Å². The quantitative estimate of drug-likeness (QED) is 0.556. The molecule has 0 amide bonds. The maximum absolute atomic E-state index is 10.8. The summed E-state index contributed by atoms with van der Waals surface area (Å²) in [6.07, 6.45) is 4.67. The van der Waals surface area contributed by atoms with Gasteiger partial charge in [-0.2, -0.15) is 5.10 Å². The molecule has 114 valence electrons. The summed E-state index contributed by atoms with van der Waals surface area (Å²) in [5.74, 6) is -0.239. The Hall–Kier alpha value is -3.41. The minimum Gasteiger partial charge on any atom is -0.478 e. The SMILES string of the molecule is O=C(O)c1ccc(C=NNc2ccc(-c3cnco3)cc2)cc1. The third-order valence-electron chi connectivity index (χ3n) is 3.17. The summed E-state index contributed by atoms with van der Waals surface area (Å²) in [6, 6.07) is 14.0. The highest BCUT2D eigenvalue weighted by atomic mass is 16.4. The van der Waals surface area contributed by atoms with Gasteiger partial charge in [-0.25, -0.2) is 9.78 Å². The normalized spacial score (nSPS) is 10.8. The van der Waals surface area contributed by atoms with Crippen LogP contribution in [-0.4, -0.2) is 22.3 Å². The van der Waals surface area contributed by atoms with Crippen molar-refractivity contribution in [2.24, 2.45) is 5.10 Å². The Labute approximate surface area is 132 Å². The molecule has 0 aliphatic rings. The fraction of sp³-hybridized carbons (Fsp3) is 0. The Kier molecular flexibility index (Phi) is 4.15. The highest BCUT2D eigenvalue weighted by Crippen LogP contribution is 2.20. The Morgan fingerprint density at radius 1 is 1.13 bits per heavy atom. The minimum absolute atomic E-state index is 0.248. The van der Waals surface area contributed by atoms with Crippen molar-refractivity contribution in [3.63, 3.8) is 0 Å². The van der Waals surface area contributed by atoms with Crippen molar-refractivity contribution in [3.8, 4) is 11.3 Å². The number of carboxylic acid groups (broad SMARTS) is 1. The summed E-state index contributed by atoms with van der Waals surface area (Å²) in [6.45, 7) is 0. The van der Waals surface area contributed by atoms with Crippen LogP contribution >= 0.6 is 0 Å². The topological polar surface area (TPSA) is 87.7 Å². The zero-order valence-corrected chi connectivity index (χ0v) is 12.0. The number of aromatic carboxylic acids is 1. The second-order valence-corrected chi connectivity index (χ2v) is 4.74. The number of carbonyl (C=O) groups is 1. The lowest BCUT2D eigenvalue weighted by atomic mass is 10.1. The summed E-state index contributed by atoms with van der Waals surface area (Å²) in [4.78, 5) is 14.6. The summed E-state index contributed by atoms with van der Waals surface area (Å²) >= 11 is 0. The van der Waals surface area contributed by atoms with Crippen molar-refractivity contribution in [1.29, 1.82) is 0 Å². The molecular weight excluding hydrogens is 294 g/mol. The monoisotopic (exact) mass is 307 g/mol. The van der Waals surface area contributed by atoms with E-state index in [2.05, 4.69) is 15.5 Å². The van der Waals surface area contributed by atoms with E-state index in [4.69, 9.17) is 9.52 Å². The first-order valence-electron chi connectivity index (χ1n) is 6.84. The Morgan fingerprint density at radius 3 is 2.48 bits per heavy atom. The molecule has 0 saturated heterocycles. The molecule has 0 radical (unpaired) electrons. The molecule has 2 aromatic carbocycles. The largest absolute Gasteiger partial charge is 0.478 e. The maximum Gasteiger partial charge on any atom is 0.335 e. The van der Waals surface area contributed by atoms with Gasteiger partial charge in [0.15, 0.2) is 12.2 Å². The first-order valence-corrected chi connectivity index (χ1v) is 6.84. The lowest BCUT2D eigenvalue weighted by molar-refractivity contribution is 0.0697. The Balaban J connectivity index is 1.62. The standard InChI is InChI=1S/C17H13N3O3/c21-17(22)14-3-1-12(2-4-14)9-19-20-15-7-5-13(6-8-15)16-10-18-11-23-16/h1-11,20H,(H,21,22). The van der Waals surface area contributed by atoms with Crippen molar-refractivity contribution < 1.29 is 14.3 Å². The van der Waals surface area contributed by atoms with E-state index in [1.54, 1.807) is 24.5 Å². The van der Waals surface area contributed by atoms with Gasteiger partial charge in [0.2, 0.25) is 0 Å². The number of hydrazone groups is 1. The molecule has 2 N–H and O–H groups in total. The average molecular weight is 307 g/mol. The van der Waals surface area contributed by atoms with Gasteiger partial charge in [0, 0.05) is 5.56 Å². The molecule has 0 aliphatic carbocycles. The molecule has 0 saturated carbocycles. The summed E-state index contributed by atoms with van der Waals surface area (Å²) in [5, 5.41) is 13.0. The van der Waals surface area contributed by atoms with Crippen LogP contribution in [0.3, 0.4) is 0 Å². The van der Waals surface area contributed by atoms with Gasteiger partial charge in [-0.3, -0.25) is 5.43 Å². The third-order valence-corrected chi connectivity index (χ3v) is 3.17. The van der Waals surface area contributed by atoms with Crippen LogP contribution < -0.4 is 5.43 Å². The van der Waals surface area contributed by atoms with Gasteiger partial charge in [0.1, 0.15) is 0 Å². The van der Waals surface area contributed by atoms with Crippen LogP contribution in [0.1, 0.15) is 15.9 Å². The van der Waals surface area contributed by atoms with Crippen molar-refractivity contribution in [2.45, 2.75) is 0 Å². The van der Waals surface area contributed by atoms with Gasteiger partial charge >= 0.3 is 5.97 Å². The summed E-state index contributed by atoms with van der Waals surface area (Å²) in [5.41, 5.74) is 5.72. The molecule has 23 heavy (non-hydrogen) atoms. The second kappa shape index (κ2) is 6.57. The number of hydrogen-bond acceptors (Lipinski definition) is 5. The lowest BCUT2D eigenvalue weighted by Crippen LogP contribution is -1.96. The van der Waals surface area contributed by atoms with Crippen LogP contribution in [-0.2, 0) is 0 Å². The van der Waals surface area contributed by atoms with Crippen molar-refractivity contribution in [1.82, 2.24) is 4.98 Å². The second-order valence-electron chi connectivity index (χ2n) is 4.74. The molecule has 3 rings (SSSR count). The predicted octanol–water partition coefficient (Wildman–Crippen LogP) is 3.49. The number of hydrogen-bond donors (Lipinski definition) is 2. The van der Waals surface area contributed by atoms with E-state index in [0.29, 0.717) is 5.76 Å². The number of anilines is 1. The predicted molar refractivity (Wildman–Crippen MR) is 86.6 cm³/mol. The molecular formula is C17H13N3O3. The van der Waals surface area contributed by atoms with Gasteiger partial charge in [-0.05, 0) is 42.0 Å². The fourth-order valence-corrected chi connectivity index (χ4v) is 1.96.